The van der Waals surface area contributed by atoms with Crippen molar-refractivity contribution < 1.29 is 27.5 Å². The van der Waals surface area contributed by atoms with Gasteiger partial charge in [-0.15, -0.1) is 0 Å². The lowest BCUT2D eigenvalue weighted by molar-refractivity contribution is -0.140. The number of amides is 1. The molecule has 2 aliphatic rings. The second-order valence-corrected chi connectivity index (χ2v) is 9.93. The molecule has 31 heavy (non-hydrogen) atoms. The fourth-order valence-corrected chi connectivity index (χ4v) is 6.09. The molecule has 0 aliphatic carbocycles. The number of esters is 1. The Morgan fingerprint density at radius 2 is 1.65 bits per heavy atom. The molecular weight excluding hydrogens is 418 g/mol. The van der Waals surface area contributed by atoms with E-state index < -0.39 is 28.2 Å². The van der Waals surface area contributed by atoms with E-state index >= 15 is 0 Å². The monoisotopic (exact) mass is 441 g/mol. The van der Waals surface area contributed by atoms with Crippen LogP contribution >= 0.6 is 0 Å². The van der Waals surface area contributed by atoms with E-state index in [1.165, 1.54) is 24.3 Å². The molecule has 1 fully saturated rings. The first-order valence-corrected chi connectivity index (χ1v) is 11.7. The van der Waals surface area contributed by atoms with Crippen LogP contribution in [-0.4, -0.2) is 49.7 Å². The van der Waals surface area contributed by atoms with E-state index in [1.807, 2.05) is 13.8 Å². The number of ether oxygens (including phenoxy) is 1. The van der Waals surface area contributed by atoms with Crippen molar-refractivity contribution in [2.45, 2.75) is 55.0 Å². The van der Waals surface area contributed by atoms with Crippen molar-refractivity contribution in [1.82, 2.24) is 4.90 Å². The SMILES string of the molecule is C[C@H]1CCC[C@H](C)N1C(=O)COC(=O)c1ccc2c(c1)S(=O)(=O)c1ccccc1C2=O. The number of piperidine rings is 1. The van der Waals surface area contributed by atoms with Crippen molar-refractivity contribution in [3.8, 4) is 0 Å². The molecule has 1 saturated heterocycles. The van der Waals surface area contributed by atoms with E-state index in [9.17, 15) is 22.8 Å². The number of carbonyl (C=O) groups is 3. The molecule has 1 amide bonds. The van der Waals surface area contributed by atoms with Gasteiger partial charge < -0.3 is 9.64 Å². The third-order valence-corrected chi connectivity index (χ3v) is 7.83. The van der Waals surface area contributed by atoms with Crippen molar-refractivity contribution in [2.75, 3.05) is 6.61 Å². The highest BCUT2D eigenvalue weighted by molar-refractivity contribution is 7.91. The average molecular weight is 442 g/mol. The fourth-order valence-electron chi connectivity index (χ4n) is 4.41. The molecule has 7 nitrogen and oxygen atoms in total. The van der Waals surface area contributed by atoms with Gasteiger partial charge in [0.2, 0.25) is 9.84 Å². The second kappa shape index (κ2) is 7.92. The maximum atomic E-state index is 13.0. The Balaban J connectivity index is 1.55. The first-order valence-electron chi connectivity index (χ1n) is 10.2. The summed E-state index contributed by atoms with van der Waals surface area (Å²) in [5.74, 6) is -1.50. The minimum atomic E-state index is -3.96. The van der Waals surface area contributed by atoms with Crippen molar-refractivity contribution in [3.05, 3.63) is 59.2 Å². The summed E-state index contributed by atoms with van der Waals surface area (Å²) in [7, 11) is -3.96. The van der Waals surface area contributed by atoms with Crippen LogP contribution in [0, 0.1) is 0 Å². The molecule has 0 unspecified atom stereocenters. The minimum absolute atomic E-state index is 0.0160. The number of hydrogen-bond donors (Lipinski definition) is 0. The minimum Gasteiger partial charge on any atom is -0.452 e. The van der Waals surface area contributed by atoms with Gasteiger partial charge in [0.15, 0.2) is 12.4 Å². The van der Waals surface area contributed by atoms with Gasteiger partial charge in [0.25, 0.3) is 5.91 Å². The van der Waals surface area contributed by atoms with Crippen LogP contribution in [-0.2, 0) is 19.4 Å². The molecule has 0 radical (unpaired) electrons. The summed E-state index contributed by atoms with van der Waals surface area (Å²) in [4.78, 5) is 39.3. The first-order chi connectivity index (χ1) is 14.7. The maximum Gasteiger partial charge on any atom is 0.338 e. The topological polar surface area (TPSA) is 97.8 Å². The Morgan fingerprint density at radius 1 is 1.00 bits per heavy atom. The summed E-state index contributed by atoms with van der Waals surface area (Å²) in [6.07, 6.45) is 2.86. The highest BCUT2D eigenvalue weighted by Gasteiger charge is 2.35. The molecule has 0 saturated carbocycles. The number of fused-ring (bicyclic) bond motifs is 2. The van der Waals surface area contributed by atoms with E-state index in [4.69, 9.17) is 4.74 Å². The average Bonchev–Trinajstić information content (AvgIpc) is 2.75. The summed E-state index contributed by atoms with van der Waals surface area (Å²) >= 11 is 0. The van der Waals surface area contributed by atoms with Gasteiger partial charge in [0.05, 0.1) is 15.4 Å². The summed E-state index contributed by atoms with van der Waals surface area (Å²) in [5.41, 5.74) is 0.102. The Kier molecular flexibility index (Phi) is 5.43. The van der Waals surface area contributed by atoms with Crippen LogP contribution in [0.4, 0.5) is 0 Å². The zero-order valence-corrected chi connectivity index (χ0v) is 18.1. The third kappa shape index (κ3) is 3.65. The Labute approximate surface area is 180 Å². The van der Waals surface area contributed by atoms with Crippen LogP contribution in [0.2, 0.25) is 0 Å². The fraction of sp³-hybridized carbons (Fsp3) is 0.348. The standard InChI is InChI=1S/C23H23NO6S/c1-14-6-5-7-15(2)24(14)21(25)13-30-23(27)16-10-11-18-20(12-16)31(28,29)19-9-4-3-8-17(19)22(18)26/h3-4,8-12,14-15H,5-7,13H2,1-2H3/t14-,15-/m0/s1. The van der Waals surface area contributed by atoms with Crippen LogP contribution in [0.3, 0.4) is 0 Å². The van der Waals surface area contributed by atoms with E-state index in [0.717, 1.165) is 25.3 Å². The Morgan fingerprint density at radius 3 is 2.35 bits per heavy atom. The zero-order chi connectivity index (χ0) is 22.3. The molecule has 0 N–H and O–H groups in total. The lowest BCUT2D eigenvalue weighted by Gasteiger charge is -2.38. The number of carbonyl (C=O) groups excluding carboxylic acids is 3. The number of ketones is 1. The summed E-state index contributed by atoms with van der Waals surface area (Å²) in [5, 5.41) is 0. The van der Waals surface area contributed by atoms with Crippen LogP contribution in [0.25, 0.3) is 0 Å². The van der Waals surface area contributed by atoms with Gasteiger partial charge in [-0.3, -0.25) is 9.59 Å². The van der Waals surface area contributed by atoms with Gasteiger partial charge in [-0.2, -0.15) is 0 Å². The number of sulfone groups is 1. The molecule has 0 aromatic heterocycles. The molecule has 2 aliphatic heterocycles. The first kappa shape index (κ1) is 21.2. The lowest BCUT2D eigenvalue weighted by atomic mass is 9.97. The second-order valence-electron chi connectivity index (χ2n) is 8.05. The van der Waals surface area contributed by atoms with Gasteiger partial charge in [-0.25, -0.2) is 13.2 Å². The summed E-state index contributed by atoms with van der Waals surface area (Å²) < 4.78 is 31.2. The third-order valence-electron chi connectivity index (χ3n) is 5.98. The summed E-state index contributed by atoms with van der Waals surface area (Å²) in [6, 6.07) is 9.95. The van der Waals surface area contributed by atoms with Crippen LogP contribution < -0.4 is 0 Å². The van der Waals surface area contributed by atoms with E-state index in [0.29, 0.717) is 0 Å². The predicted molar refractivity (Wildman–Crippen MR) is 112 cm³/mol. The molecule has 2 atom stereocenters. The highest BCUT2D eigenvalue weighted by atomic mass is 32.2. The number of nitrogens with zero attached hydrogens (tertiary/aromatic N) is 1. The predicted octanol–water partition coefficient (Wildman–Crippen LogP) is 3.01. The van der Waals surface area contributed by atoms with Crippen LogP contribution in [0.15, 0.2) is 52.3 Å². The Bertz CT molecular complexity index is 1180. The van der Waals surface area contributed by atoms with Gasteiger partial charge in [-0.05, 0) is 63.4 Å². The highest BCUT2D eigenvalue weighted by Crippen LogP contribution is 2.34. The van der Waals surface area contributed by atoms with Crippen LogP contribution in [0.5, 0.6) is 0 Å². The lowest BCUT2D eigenvalue weighted by Crippen LogP contribution is -2.49. The smallest absolute Gasteiger partial charge is 0.338 e. The Hall–Kier alpha value is -3.00. The number of benzene rings is 2. The van der Waals surface area contributed by atoms with Crippen molar-refractivity contribution >= 4 is 27.5 Å². The zero-order valence-electron chi connectivity index (χ0n) is 17.3. The van der Waals surface area contributed by atoms with E-state index in [1.54, 1.807) is 17.0 Å². The number of rotatable bonds is 3. The summed E-state index contributed by atoms with van der Waals surface area (Å²) in [6.45, 7) is 3.52. The molecule has 0 bridgehead atoms. The quantitative estimate of drug-likeness (QED) is 0.580. The molecule has 8 heteroatoms. The molecule has 2 aromatic carbocycles. The van der Waals surface area contributed by atoms with Gasteiger partial charge >= 0.3 is 5.97 Å². The number of likely N-dealkylation sites (tertiary alicyclic amines) is 1. The van der Waals surface area contributed by atoms with Crippen molar-refractivity contribution in [3.63, 3.8) is 0 Å². The molecule has 0 spiro atoms. The van der Waals surface area contributed by atoms with Crippen molar-refractivity contribution in [2.24, 2.45) is 0 Å². The van der Waals surface area contributed by atoms with Crippen LogP contribution in [0.1, 0.15) is 59.4 Å². The van der Waals surface area contributed by atoms with Gasteiger partial charge in [0, 0.05) is 23.2 Å². The molecule has 4 rings (SSSR count). The number of hydrogen-bond acceptors (Lipinski definition) is 6. The normalized spacial score (nSPS) is 21.7. The van der Waals surface area contributed by atoms with E-state index in [2.05, 4.69) is 0 Å². The van der Waals surface area contributed by atoms with Gasteiger partial charge in [0.1, 0.15) is 0 Å². The maximum absolute atomic E-state index is 13.0. The largest absolute Gasteiger partial charge is 0.452 e. The molecule has 162 valence electrons. The molecule has 2 aromatic rings. The molecule has 2 heterocycles. The molecular formula is C23H23NO6S. The van der Waals surface area contributed by atoms with E-state index in [-0.39, 0.29) is 44.5 Å². The van der Waals surface area contributed by atoms with Gasteiger partial charge in [-0.1, -0.05) is 12.1 Å². The van der Waals surface area contributed by atoms with Crippen molar-refractivity contribution in [1.29, 1.82) is 0 Å².